The molecule has 5 heteroatoms. The number of benzene rings is 1. The molecule has 0 aliphatic carbocycles. The van der Waals surface area contributed by atoms with Crippen molar-refractivity contribution in [3.05, 3.63) is 24.3 Å². The Morgan fingerprint density at radius 1 is 1.08 bits per heavy atom. The van der Waals surface area contributed by atoms with E-state index in [-0.39, 0.29) is 6.03 Å². The first-order valence-corrected chi connectivity index (χ1v) is 9.16. The van der Waals surface area contributed by atoms with E-state index < -0.39 is 0 Å². The molecular weight excluding hydrogens is 300 g/mol. The van der Waals surface area contributed by atoms with E-state index in [1.54, 1.807) is 0 Å². The van der Waals surface area contributed by atoms with Crippen LogP contribution in [0.5, 0.6) is 0 Å². The molecule has 1 aliphatic heterocycles. The monoisotopic (exact) mass is 332 g/mol. The van der Waals surface area contributed by atoms with Gasteiger partial charge in [0.1, 0.15) is 0 Å². The lowest BCUT2D eigenvalue weighted by molar-refractivity contribution is 0.138. The number of anilines is 2. The summed E-state index contributed by atoms with van der Waals surface area (Å²) in [6.07, 6.45) is 0. The highest BCUT2D eigenvalue weighted by molar-refractivity contribution is 5.89. The molecule has 1 aromatic rings. The van der Waals surface area contributed by atoms with E-state index in [4.69, 9.17) is 0 Å². The molecule has 0 atom stereocenters. The van der Waals surface area contributed by atoms with Gasteiger partial charge < -0.3 is 15.1 Å². The quantitative estimate of drug-likeness (QED) is 0.868. The van der Waals surface area contributed by atoms with Crippen LogP contribution in [-0.4, -0.2) is 61.6 Å². The van der Waals surface area contributed by atoms with Crippen molar-refractivity contribution in [1.29, 1.82) is 0 Å². The summed E-state index contributed by atoms with van der Waals surface area (Å²) in [6, 6.07) is 8.13. The molecule has 1 heterocycles. The predicted molar refractivity (Wildman–Crippen MR) is 102 cm³/mol. The average Bonchev–Trinajstić information content (AvgIpc) is 2.57. The van der Waals surface area contributed by atoms with E-state index in [0.717, 1.165) is 51.5 Å². The maximum atomic E-state index is 12.4. The molecule has 1 fully saturated rings. The van der Waals surface area contributed by atoms with Crippen molar-refractivity contribution in [2.24, 2.45) is 5.92 Å². The van der Waals surface area contributed by atoms with Crippen LogP contribution in [0.3, 0.4) is 0 Å². The van der Waals surface area contributed by atoms with E-state index in [9.17, 15) is 4.79 Å². The summed E-state index contributed by atoms with van der Waals surface area (Å²) in [7, 11) is 0. The second-order valence-corrected chi connectivity index (χ2v) is 6.83. The number of piperazine rings is 1. The number of hydrogen-bond acceptors (Lipinski definition) is 3. The molecule has 0 bridgehead atoms. The van der Waals surface area contributed by atoms with Gasteiger partial charge in [-0.2, -0.15) is 0 Å². The van der Waals surface area contributed by atoms with Crippen molar-refractivity contribution in [2.75, 3.05) is 56.0 Å². The summed E-state index contributed by atoms with van der Waals surface area (Å²) in [5.74, 6) is 0.676. The van der Waals surface area contributed by atoms with Crippen molar-refractivity contribution < 1.29 is 4.79 Å². The van der Waals surface area contributed by atoms with Crippen LogP contribution in [0.1, 0.15) is 27.7 Å². The predicted octanol–water partition coefficient (Wildman–Crippen LogP) is 3.34. The molecule has 1 aromatic carbocycles. The standard InChI is InChI=1S/C19H32N4O/c1-5-22(6-2)18-9-7-17(8-10-18)20-19(24)23-13-11-21(12-14-23)15-16(3)4/h7-10,16H,5-6,11-15H2,1-4H3,(H,20,24). The Labute approximate surface area is 146 Å². The normalized spacial score (nSPS) is 15.6. The van der Waals surface area contributed by atoms with Crippen LogP contribution < -0.4 is 10.2 Å². The fourth-order valence-electron chi connectivity index (χ4n) is 3.20. The summed E-state index contributed by atoms with van der Waals surface area (Å²) >= 11 is 0. The van der Waals surface area contributed by atoms with Gasteiger partial charge in [0, 0.05) is 57.2 Å². The van der Waals surface area contributed by atoms with Crippen molar-refractivity contribution >= 4 is 17.4 Å². The zero-order valence-electron chi connectivity index (χ0n) is 15.6. The molecule has 0 radical (unpaired) electrons. The van der Waals surface area contributed by atoms with Gasteiger partial charge in [-0.15, -0.1) is 0 Å². The highest BCUT2D eigenvalue weighted by Gasteiger charge is 2.21. The summed E-state index contributed by atoms with van der Waals surface area (Å²) in [6.45, 7) is 15.4. The number of amides is 2. The molecule has 1 aliphatic rings. The molecule has 0 saturated carbocycles. The van der Waals surface area contributed by atoms with Gasteiger partial charge in [0.15, 0.2) is 0 Å². The summed E-state index contributed by atoms with van der Waals surface area (Å²) in [5, 5.41) is 3.02. The number of urea groups is 1. The van der Waals surface area contributed by atoms with Crippen molar-refractivity contribution in [3.63, 3.8) is 0 Å². The number of carbonyl (C=O) groups is 1. The van der Waals surface area contributed by atoms with Gasteiger partial charge in [0.2, 0.25) is 0 Å². The van der Waals surface area contributed by atoms with Crippen LogP contribution in [0.2, 0.25) is 0 Å². The first-order chi connectivity index (χ1) is 11.5. The Hall–Kier alpha value is -1.75. The summed E-state index contributed by atoms with van der Waals surface area (Å²) in [4.78, 5) is 19.1. The van der Waals surface area contributed by atoms with Gasteiger partial charge in [0.25, 0.3) is 0 Å². The molecule has 1 saturated heterocycles. The Kier molecular flexibility index (Phi) is 6.91. The molecule has 0 spiro atoms. The highest BCUT2D eigenvalue weighted by Crippen LogP contribution is 2.18. The van der Waals surface area contributed by atoms with Gasteiger partial charge >= 0.3 is 6.03 Å². The number of rotatable bonds is 6. The molecule has 0 unspecified atom stereocenters. The minimum absolute atomic E-state index is 0.00906. The van der Waals surface area contributed by atoms with Crippen molar-refractivity contribution in [1.82, 2.24) is 9.80 Å². The van der Waals surface area contributed by atoms with E-state index in [1.807, 2.05) is 17.0 Å². The number of hydrogen-bond donors (Lipinski definition) is 1. The van der Waals surface area contributed by atoms with Crippen LogP contribution >= 0.6 is 0 Å². The topological polar surface area (TPSA) is 38.8 Å². The van der Waals surface area contributed by atoms with Gasteiger partial charge in [0.05, 0.1) is 0 Å². The second kappa shape index (κ2) is 8.92. The van der Waals surface area contributed by atoms with E-state index in [0.29, 0.717) is 5.92 Å². The molecule has 24 heavy (non-hydrogen) atoms. The smallest absolute Gasteiger partial charge is 0.321 e. The van der Waals surface area contributed by atoms with Gasteiger partial charge in [-0.25, -0.2) is 4.79 Å². The largest absolute Gasteiger partial charge is 0.372 e. The first kappa shape index (κ1) is 18.6. The zero-order valence-corrected chi connectivity index (χ0v) is 15.6. The van der Waals surface area contributed by atoms with E-state index >= 15 is 0 Å². The van der Waals surface area contributed by atoms with Crippen molar-refractivity contribution in [3.8, 4) is 0 Å². The first-order valence-electron chi connectivity index (χ1n) is 9.16. The van der Waals surface area contributed by atoms with E-state index in [2.05, 4.69) is 54.9 Å². The van der Waals surface area contributed by atoms with Gasteiger partial charge in [-0.05, 0) is 44.0 Å². The highest BCUT2D eigenvalue weighted by atomic mass is 16.2. The summed E-state index contributed by atoms with van der Waals surface area (Å²) in [5.41, 5.74) is 2.06. The number of nitrogens with zero attached hydrogens (tertiary/aromatic N) is 3. The Balaban J connectivity index is 1.84. The maximum absolute atomic E-state index is 12.4. The maximum Gasteiger partial charge on any atom is 0.321 e. The zero-order chi connectivity index (χ0) is 17.5. The SMILES string of the molecule is CCN(CC)c1ccc(NC(=O)N2CCN(CC(C)C)CC2)cc1. The molecular formula is C19H32N4O. The Morgan fingerprint density at radius 3 is 2.17 bits per heavy atom. The van der Waals surface area contributed by atoms with Crippen LogP contribution in [0, 0.1) is 5.92 Å². The van der Waals surface area contributed by atoms with E-state index in [1.165, 1.54) is 5.69 Å². The third-order valence-electron chi connectivity index (χ3n) is 4.53. The fraction of sp³-hybridized carbons (Fsp3) is 0.632. The molecule has 2 rings (SSSR count). The van der Waals surface area contributed by atoms with Crippen molar-refractivity contribution in [2.45, 2.75) is 27.7 Å². The number of nitrogens with one attached hydrogen (secondary N) is 1. The molecule has 5 nitrogen and oxygen atoms in total. The van der Waals surface area contributed by atoms with Crippen LogP contribution in [0.15, 0.2) is 24.3 Å². The van der Waals surface area contributed by atoms with Crippen LogP contribution in [0.4, 0.5) is 16.2 Å². The molecule has 134 valence electrons. The third kappa shape index (κ3) is 5.13. The Bertz CT molecular complexity index is 503. The Morgan fingerprint density at radius 2 is 1.67 bits per heavy atom. The fourth-order valence-corrected chi connectivity index (χ4v) is 3.20. The lowest BCUT2D eigenvalue weighted by Gasteiger charge is -2.35. The minimum atomic E-state index is 0.00906. The molecule has 1 N–H and O–H groups in total. The van der Waals surface area contributed by atoms with Crippen LogP contribution in [-0.2, 0) is 0 Å². The average molecular weight is 332 g/mol. The molecule has 2 amide bonds. The third-order valence-corrected chi connectivity index (χ3v) is 4.53. The lowest BCUT2D eigenvalue weighted by Crippen LogP contribution is -2.50. The van der Waals surface area contributed by atoms with Gasteiger partial charge in [-0.1, -0.05) is 13.8 Å². The van der Waals surface area contributed by atoms with Gasteiger partial charge in [-0.3, -0.25) is 4.90 Å². The van der Waals surface area contributed by atoms with Crippen LogP contribution in [0.25, 0.3) is 0 Å². The summed E-state index contributed by atoms with van der Waals surface area (Å²) < 4.78 is 0. The number of carbonyl (C=O) groups excluding carboxylic acids is 1. The molecule has 0 aromatic heterocycles. The second-order valence-electron chi connectivity index (χ2n) is 6.83. The minimum Gasteiger partial charge on any atom is -0.372 e. The lowest BCUT2D eigenvalue weighted by atomic mass is 10.2.